The number of amides is 2. The molecule has 0 bridgehead atoms. The zero-order chi connectivity index (χ0) is 20.9. The number of urea groups is 1. The van der Waals surface area contributed by atoms with Crippen LogP contribution in [-0.2, 0) is 6.18 Å². The van der Waals surface area contributed by atoms with Crippen molar-refractivity contribution in [1.82, 2.24) is 15.2 Å². The molecular weight excluding hydrogens is 405 g/mol. The third-order valence-corrected chi connectivity index (χ3v) is 5.51. The quantitative estimate of drug-likeness (QED) is 0.737. The number of thiazole rings is 1. The first-order valence-electron chi connectivity index (χ1n) is 9.33. The van der Waals surface area contributed by atoms with E-state index >= 15 is 0 Å². The highest BCUT2D eigenvalue weighted by Crippen LogP contribution is 2.35. The third kappa shape index (κ3) is 5.75. The van der Waals surface area contributed by atoms with Crippen LogP contribution >= 0.6 is 11.3 Å². The van der Waals surface area contributed by atoms with Crippen LogP contribution in [0.2, 0.25) is 0 Å². The summed E-state index contributed by atoms with van der Waals surface area (Å²) in [5, 5.41) is 5.68. The second-order valence-electron chi connectivity index (χ2n) is 6.67. The molecule has 0 spiro atoms. The van der Waals surface area contributed by atoms with Gasteiger partial charge in [-0.15, -0.1) is 11.3 Å². The van der Waals surface area contributed by atoms with Gasteiger partial charge in [0.05, 0.1) is 17.8 Å². The van der Waals surface area contributed by atoms with Crippen LogP contribution in [0.1, 0.15) is 17.7 Å². The summed E-state index contributed by atoms with van der Waals surface area (Å²) in [6.07, 6.45) is -3.66. The standard InChI is InChI=1S/C19H23F3N4O2S/c1-14-13-29-18(24-14)26-9-4-8-25(10-11-26)17(27)23-7-12-28-16-6-3-2-5-15(16)19(20,21)22/h2-3,5-6,13H,4,7-12H2,1H3,(H,23,27). The fourth-order valence-corrected chi connectivity index (χ4v) is 3.91. The molecule has 29 heavy (non-hydrogen) atoms. The van der Waals surface area contributed by atoms with Gasteiger partial charge in [0.25, 0.3) is 0 Å². The Labute approximate surface area is 171 Å². The van der Waals surface area contributed by atoms with Crippen LogP contribution in [0.5, 0.6) is 5.75 Å². The normalized spacial score (nSPS) is 15.2. The summed E-state index contributed by atoms with van der Waals surface area (Å²) in [6, 6.07) is 4.80. The van der Waals surface area contributed by atoms with Gasteiger partial charge in [-0.05, 0) is 25.5 Å². The summed E-state index contributed by atoms with van der Waals surface area (Å²) < 4.78 is 44.1. The van der Waals surface area contributed by atoms with Crippen LogP contribution in [0, 0.1) is 6.92 Å². The fourth-order valence-electron chi connectivity index (χ4n) is 3.06. The van der Waals surface area contributed by atoms with Crippen molar-refractivity contribution in [2.45, 2.75) is 19.5 Å². The molecular formula is C19H23F3N4O2S. The summed E-state index contributed by atoms with van der Waals surface area (Å²) in [7, 11) is 0. The lowest BCUT2D eigenvalue weighted by atomic mass is 10.2. The van der Waals surface area contributed by atoms with E-state index in [1.807, 2.05) is 12.3 Å². The van der Waals surface area contributed by atoms with Crippen LogP contribution in [0.15, 0.2) is 29.6 Å². The van der Waals surface area contributed by atoms with Crippen molar-refractivity contribution in [1.29, 1.82) is 0 Å². The molecule has 1 aromatic carbocycles. The topological polar surface area (TPSA) is 57.7 Å². The maximum absolute atomic E-state index is 13.0. The SMILES string of the molecule is Cc1csc(N2CCCN(C(=O)NCCOc3ccccc3C(F)(F)F)CC2)n1. The van der Waals surface area contributed by atoms with Gasteiger partial charge in [-0.3, -0.25) is 0 Å². The van der Waals surface area contributed by atoms with Crippen molar-refractivity contribution >= 4 is 22.5 Å². The monoisotopic (exact) mass is 428 g/mol. The maximum atomic E-state index is 13.0. The Kier molecular flexibility index (Phi) is 6.83. The molecule has 2 aromatic rings. The molecule has 0 unspecified atom stereocenters. The number of para-hydroxylation sites is 1. The van der Waals surface area contributed by atoms with Gasteiger partial charge in [0.15, 0.2) is 5.13 Å². The average Bonchev–Trinajstić information content (AvgIpc) is 2.97. The Hall–Kier alpha value is -2.49. The lowest BCUT2D eigenvalue weighted by Gasteiger charge is -2.22. The van der Waals surface area contributed by atoms with Crippen molar-refractivity contribution in [2.75, 3.05) is 44.2 Å². The van der Waals surface area contributed by atoms with E-state index in [-0.39, 0.29) is 24.9 Å². The van der Waals surface area contributed by atoms with E-state index < -0.39 is 11.7 Å². The first-order chi connectivity index (χ1) is 13.8. The van der Waals surface area contributed by atoms with Crippen LogP contribution < -0.4 is 15.0 Å². The number of benzene rings is 1. The third-order valence-electron chi connectivity index (χ3n) is 4.49. The van der Waals surface area contributed by atoms with Crippen LogP contribution in [0.3, 0.4) is 0 Å². The number of nitrogens with zero attached hydrogens (tertiary/aromatic N) is 3. The van der Waals surface area contributed by atoms with E-state index in [2.05, 4.69) is 15.2 Å². The molecule has 1 N–H and O–H groups in total. The van der Waals surface area contributed by atoms with Crippen molar-refractivity contribution < 1.29 is 22.7 Å². The largest absolute Gasteiger partial charge is 0.491 e. The molecule has 1 saturated heterocycles. The molecule has 2 amide bonds. The van der Waals surface area contributed by atoms with E-state index in [9.17, 15) is 18.0 Å². The summed E-state index contributed by atoms with van der Waals surface area (Å²) in [5.41, 5.74) is 0.160. The number of nitrogens with one attached hydrogen (secondary N) is 1. The van der Waals surface area contributed by atoms with Crippen molar-refractivity contribution in [2.24, 2.45) is 0 Å². The van der Waals surface area contributed by atoms with Gasteiger partial charge in [0.1, 0.15) is 12.4 Å². The predicted molar refractivity (Wildman–Crippen MR) is 106 cm³/mol. The first kappa shape index (κ1) is 21.2. The van der Waals surface area contributed by atoms with Crippen molar-refractivity contribution in [3.05, 3.63) is 40.9 Å². The van der Waals surface area contributed by atoms with Gasteiger partial charge in [0, 0.05) is 31.6 Å². The van der Waals surface area contributed by atoms with Gasteiger partial charge < -0.3 is 19.9 Å². The molecule has 0 atom stereocenters. The molecule has 1 fully saturated rings. The molecule has 10 heteroatoms. The minimum Gasteiger partial charge on any atom is -0.491 e. The zero-order valence-electron chi connectivity index (χ0n) is 16.0. The molecule has 1 aliphatic rings. The Bertz CT molecular complexity index is 828. The summed E-state index contributed by atoms with van der Waals surface area (Å²) in [5.74, 6) is -0.238. The Balaban J connectivity index is 1.44. The number of aromatic nitrogens is 1. The number of hydrogen-bond donors (Lipinski definition) is 1. The smallest absolute Gasteiger partial charge is 0.419 e. The number of aryl methyl sites for hydroxylation is 1. The number of hydrogen-bond acceptors (Lipinski definition) is 5. The zero-order valence-corrected chi connectivity index (χ0v) is 16.9. The van der Waals surface area contributed by atoms with Gasteiger partial charge >= 0.3 is 12.2 Å². The second-order valence-corrected chi connectivity index (χ2v) is 7.51. The molecule has 158 valence electrons. The van der Waals surface area contributed by atoms with E-state index in [1.165, 1.54) is 18.2 Å². The van der Waals surface area contributed by atoms with Gasteiger partial charge in [-0.1, -0.05) is 12.1 Å². The molecule has 2 heterocycles. The van der Waals surface area contributed by atoms with Gasteiger partial charge in [-0.2, -0.15) is 13.2 Å². The summed E-state index contributed by atoms with van der Waals surface area (Å²) >= 11 is 1.59. The molecule has 1 aromatic heterocycles. The van der Waals surface area contributed by atoms with Crippen LogP contribution in [0.4, 0.5) is 23.1 Å². The predicted octanol–water partition coefficient (Wildman–Crippen LogP) is 3.77. The minimum absolute atomic E-state index is 0.0445. The van der Waals surface area contributed by atoms with E-state index in [0.29, 0.717) is 19.6 Å². The fraction of sp³-hybridized carbons (Fsp3) is 0.474. The average molecular weight is 428 g/mol. The van der Waals surface area contributed by atoms with Crippen LogP contribution in [-0.4, -0.2) is 55.2 Å². The lowest BCUT2D eigenvalue weighted by Crippen LogP contribution is -2.43. The summed E-state index contributed by atoms with van der Waals surface area (Å²) in [6.45, 7) is 4.72. The lowest BCUT2D eigenvalue weighted by molar-refractivity contribution is -0.138. The highest BCUT2D eigenvalue weighted by Gasteiger charge is 2.34. The van der Waals surface area contributed by atoms with Crippen molar-refractivity contribution in [3.63, 3.8) is 0 Å². The highest BCUT2D eigenvalue weighted by atomic mass is 32.1. The van der Waals surface area contributed by atoms with Gasteiger partial charge in [-0.25, -0.2) is 9.78 Å². The number of carbonyl (C=O) groups excluding carboxylic acids is 1. The number of anilines is 1. The molecule has 1 aliphatic heterocycles. The Morgan fingerprint density at radius 2 is 2.03 bits per heavy atom. The van der Waals surface area contributed by atoms with Crippen molar-refractivity contribution in [3.8, 4) is 5.75 Å². The van der Waals surface area contributed by atoms with E-state index in [4.69, 9.17) is 4.74 Å². The number of rotatable bonds is 5. The molecule has 3 rings (SSSR count). The minimum atomic E-state index is -4.48. The van der Waals surface area contributed by atoms with E-state index in [1.54, 1.807) is 16.2 Å². The molecule has 0 radical (unpaired) electrons. The van der Waals surface area contributed by atoms with E-state index in [0.717, 1.165) is 29.9 Å². The molecule has 0 saturated carbocycles. The Morgan fingerprint density at radius 1 is 1.24 bits per heavy atom. The Morgan fingerprint density at radius 3 is 2.76 bits per heavy atom. The van der Waals surface area contributed by atoms with Gasteiger partial charge in [0.2, 0.25) is 0 Å². The second kappa shape index (κ2) is 9.34. The summed E-state index contributed by atoms with van der Waals surface area (Å²) in [4.78, 5) is 20.8. The van der Waals surface area contributed by atoms with Crippen LogP contribution in [0.25, 0.3) is 0 Å². The molecule has 0 aliphatic carbocycles. The maximum Gasteiger partial charge on any atom is 0.419 e. The number of alkyl halides is 3. The first-order valence-corrected chi connectivity index (χ1v) is 10.2. The number of carbonyl (C=O) groups is 1. The number of halogens is 3. The highest BCUT2D eigenvalue weighted by molar-refractivity contribution is 7.13. The number of ether oxygens (including phenoxy) is 1. The molecule has 6 nitrogen and oxygen atoms in total.